The molecule has 1 aromatic carbocycles. The van der Waals surface area contributed by atoms with E-state index in [1.165, 1.54) is 0 Å². The Morgan fingerprint density at radius 1 is 1.24 bits per heavy atom. The first-order valence-electron chi connectivity index (χ1n) is 6.93. The van der Waals surface area contributed by atoms with Gasteiger partial charge in [-0.2, -0.15) is 5.26 Å². The second-order valence-electron chi connectivity index (χ2n) is 6.37. The van der Waals surface area contributed by atoms with E-state index in [9.17, 15) is 9.59 Å². The molecule has 0 heterocycles. The fourth-order valence-electron chi connectivity index (χ4n) is 2.14. The van der Waals surface area contributed by atoms with Crippen LogP contribution in [0.4, 0.5) is 5.69 Å². The van der Waals surface area contributed by atoms with Crippen LogP contribution in [0.5, 0.6) is 0 Å². The largest absolute Gasteiger partial charge is 0.351 e. The molecule has 1 aliphatic carbocycles. The van der Waals surface area contributed by atoms with Gasteiger partial charge in [-0.3, -0.25) is 9.59 Å². The average molecular weight is 285 g/mol. The first-order valence-corrected chi connectivity index (χ1v) is 6.93. The van der Waals surface area contributed by atoms with E-state index in [4.69, 9.17) is 5.26 Å². The van der Waals surface area contributed by atoms with Crippen LogP contribution in [-0.4, -0.2) is 17.4 Å². The van der Waals surface area contributed by atoms with Crippen molar-refractivity contribution in [2.45, 2.75) is 32.7 Å². The normalized spacial score (nSPS) is 20.3. The Labute approximate surface area is 124 Å². The maximum atomic E-state index is 12.1. The zero-order chi connectivity index (χ0) is 15.6. The van der Waals surface area contributed by atoms with Crippen LogP contribution in [0.1, 0.15) is 32.8 Å². The highest BCUT2D eigenvalue weighted by atomic mass is 16.2. The SMILES string of the molecule is CC(C)(C)NC(=O)C1CC1C(=O)Nc1cccc(C#N)c1. The van der Waals surface area contributed by atoms with E-state index in [0.717, 1.165) is 0 Å². The minimum absolute atomic E-state index is 0.0755. The zero-order valence-electron chi connectivity index (χ0n) is 12.4. The van der Waals surface area contributed by atoms with Gasteiger partial charge in [-0.15, -0.1) is 0 Å². The van der Waals surface area contributed by atoms with Crippen molar-refractivity contribution in [2.75, 3.05) is 5.32 Å². The summed E-state index contributed by atoms with van der Waals surface area (Å²) in [6, 6.07) is 8.75. The van der Waals surface area contributed by atoms with Crippen LogP contribution in [0.25, 0.3) is 0 Å². The molecule has 2 atom stereocenters. The molecule has 2 N–H and O–H groups in total. The molecule has 0 radical (unpaired) electrons. The van der Waals surface area contributed by atoms with E-state index in [2.05, 4.69) is 10.6 Å². The third-order valence-electron chi connectivity index (χ3n) is 3.22. The van der Waals surface area contributed by atoms with Crippen LogP contribution in [0.15, 0.2) is 24.3 Å². The molecular formula is C16H19N3O2. The summed E-state index contributed by atoms with van der Waals surface area (Å²) in [5, 5.41) is 14.5. The summed E-state index contributed by atoms with van der Waals surface area (Å²) in [5.74, 6) is -0.769. The van der Waals surface area contributed by atoms with Gasteiger partial charge in [0.1, 0.15) is 0 Å². The highest BCUT2D eigenvalue weighted by Crippen LogP contribution is 2.39. The van der Waals surface area contributed by atoms with Crippen LogP contribution in [-0.2, 0) is 9.59 Å². The number of nitriles is 1. The molecule has 2 amide bonds. The monoisotopic (exact) mass is 285 g/mol. The van der Waals surface area contributed by atoms with Crippen LogP contribution in [0, 0.1) is 23.2 Å². The number of rotatable bonds is 3. The van der Waals surface area contributed by atoms with E-state index < -0.39 is 0 Å². The summed E-state index contributed by atoms with van der Waals surface area (Å²) in [4.78, 5) is 24.0. The summed E-state index contributed by atoms with van der Waals surface area (Å²) >= 11 is 0. The van der Waals surface area contributed by atoms with Crippen molar-refractivity contribution in [3.8, 4) is 6.07 Å². The Balaban J connectivity index is 1.91. The van der Waals surface area contributed by atoms with Crippen molar-refractivity contribution in [3.63, 3.8) is 0 Å². The van der Waals surface area contributed by atoms with Crippen molar-refractivity contribution in [1.29, 1.82) is 5.26 Å². The molecule has 0 saturated heterocycles. The lowest BCUT2D eigenvalue weighted by Gasteiger charge is -2.20. The molecule has 5 nitrogen and oxygen atoms in total. The minimum Gasteiger partial charge on any atom is -0.351 e. The zero-order valence-corrected chi connectivity index (χ0v) is 12.4. The second-order valence-corrected chi connectivity index (χ2v) is 6.37. The van der Waals surface area contributed by atoms with E-state index >= 15 is 0 Å². The first kappa shape index (κ1) is 15.0. The van der Waals surface area contributed by atoms with Crippen molar-refractivity contribution < 1.29 is 9.59 Å². The van der Waals surface area contributed by atoms with Gasteiger partial charge in [0.05, 0.1) is 23.5 Å². The lowest BCUT2D eigenvalue weighted by atomic mass is 10.1. The van der Waals surface area contributed by atoms with Gasteiger partial charge in [0.25, 0.3) is 0 Å². The Morgan fingerprint density at radius 3 is 2.52 bits per heavy atom. The molecule has 110 valence electrons. The van der Waals surface area contributed by atoms with E-state index in [-0.39, 0.29) is 29.2 Å². The van der Waals surface area contributed by atoms with E-state index in [0.29, 0.717) is 17.7 Å². The molecule has 5 heteroatoms. The Bertz CT molecular complexity index is 611. The number of nitrogens with one attached hydrogen (secondary N) is 2. The number of hydrogen-bond acceptors (Lipinski definition) is 3. The molecule has 1 aromatic rings. The van der Waals surface area contributed by atoms with E-state index in [1.54, 1.807) is 24.3 Å². The van der Waals surface area contributed by atoms with Gasteiger partial charge < -0.3 is 10.6 Å². The molecule has 21 heavy (non-hydrogen) atoms. The van der Waals surface area contributed by atoms with Crippen LogP contribution >= 0.6 is 0 Å². The van der Waals surface area contributed by atoms with Gasteiger partial charge in [-0.25, -0.2) is 0 Å². The topological polar surface area (TPSA) is 82.0 Å². The molecule has 1 saturated carbocycles. The smallest absolute Gasteiger partial charge is 0.228 e. The lowest BCUT2D eigenvalue weighted by molar-refractivity contribution is -0.126. The summed E-state index contributed by atoms with van der Waals surface area (Å²) in [7, 11) is 0. The van der Waals surface area contributed by atoms with Gasteiger partial charge in [0.15, 0.2) is 0 Å². The maximum absolute atomic E-state index is 12.1. The first-order chi connectivity index (χ1) is 9.80. The third kappa shape index (κ3) is 4.06. The summed E-state index contributed by atoms with van der Waals surface area (Å²) < 4.78 is 0. The average Bonchev–Trinajstić information content (AvgIpc) is 3.17. The molecule has 2 unspecified atom stereocenters. The van der Waals surface area contributed by atoms with Crippen molar-refractivity contribution >= 4 is 17.5 Å². The number of hydrogen-bond donors (Lipinski definition) is 2. The van der Waals surface area contributed by atoms with Crippen molar-refractivity contribution in [2.24, 2.45) is 11.8 Å². The molecule has 0 aliphatic heterocycles. The van der Waals surface area contributed by atoms with Crippen molar-refractivity contribution in [1.82, 2.24) is 5.32 Å². The minimum atomic E-state index is -0.290. The Kier molecular flexibility index (Phi) is 3.99. The number of carbonyl (C=O) groups excluding carboxylic acids is 2. The molecule has 1 fully saturated rings. The number of anilines is 1. The highest BCUT2D eigenvalue weighted by Gasteiger charge is 2.48. The van der Waals surface area contributed by atoms with Gasteiger partial charge in [-0.05, 0) is 45.4 Å². The second kappa shape index (κ2) is 5.57. The molecular weight excluding hydrogens is 266 g/mol. The van der Waals surface area contributed by atoms with Gasteiger partial charge in [0, 0.05) is 11.2 Å². The number of nitrogens with zero attached hydrogens (tertiary/aromatic N) is 1. The summed E-state index contributed by atoms with van der Waals surface area (Å²) in [6.07, 6.45) is 0.575. The molecule has 1 aliphatic rings. The van der Waals surface area contributed by atoms with Gasteiger partial charge in [-0.1, -0.05) is 6.07 Å². The van der Waals surface area contributed by atoms with Crippen LogP contribution < -0.4 is 10.6 Å². The summed E-state index contributed by atoms with van der Waals surface area (Å²) in [6.45, 7) is 5.74. The predicted molar refractivity (Wildman–Crippen MR) is 79.3 cm³/mol. The van der Waals surface area contributed by atoms with Crippen molar-refractivity contribution in [3.05, 3.63) is 29.8 Å². The number of carbonyl (C=O) groups is 2. The van der Waals surface area contributed by atoms with Crippen LogP contribution in [0.2, 0.25) is 0 Å². The number of benzene rings is 1. The van der Waals surface area contributed by atoms with Gasteiger partial charge >= 0.3 is 0 Å². The lowest BCUT2D eigenvalue weighted by Crippen LogP contribution is -2.42. The third-order valence-corrected chi connectivity index (χ3v) is 3.22. The highest BCUT2D eigenvalue weighted by molar-refractivity contribution is 5.99. The van der Waals surface area contributed by atoms with Crippen LogP contribution in [0.3, 0.4) is 0 Å². The maximum Gasteiger partial charge on any atom is 0.228 e. The Hall–Kier alpha value is -2.35. The number of amides is 2. The molecule has 2 rings (SSSR count). The molecule has 0 aromatic heterocycles. The Morgan fingerprint density at radius 2 is 1.90 bits per heavy atom. The standard InChI is InChI=1S/C16H19N3O2/c1-16(2,3)19-15(21)13-8-12(13)14(20)18-11-6-4-5-10(7-11)9-17/h4-7,12-13H,8H2,1-3H3,(H,18,20)(H,19,21). The quantitative estimate of drug-likeness (QED) is 0.891. The predicted octanol–water partition coefficient (Wildman–Crippen LogP) is 2.05. The molecule has 0 bridgehead atoms. The van der Waals surface area contributed by atoms with E-state index in [1.807, 2.05) is 26.8 Å². The fraction of sp³-hybridized carbons (Fsp3) is 0.438. The fourth-order valence-corrected chi connectivity index (χ4v) is 2.14. The summed E-state index contributed by atoms with van der Waals surface area (Å²) in [5.41, 5.74) is 0.786. The van der Waals surface area contributed by atoms with Gasteiger partial charge in [0.2, 0.25) is 11.8 Å². The molecule has 0 spiro atoms.